The lowest BCUT2D eigenvalue weighted by Gasteiger charge is -2.26. The van der Waals surface area contributed by atoms with E-state index in [0.717, 1.165) is 31.6 Å². The number of para-hydroxylation sites is 2. The second kappa shape index (κ2) is 12.7. The first-order valence-electron chi connectivity index (χ1n) is 12.6. The number of likely N-dealkylation sites (tertiary alicyclic amines) is 1. The molecule has 0 saturated carbocycles. The second-order valence-electron chi connectivity index (χ2n) is 9.18. The third kappa shape index (κ3) is 7.33. The van der Waals surface area contributed by atoms with Crippen molar-refractivity contribution in [2.45, 2.75) is 25.8 Å². The van der Waals surface area contributed by atoms with Crippen LogP contribution in [0.3, 0.4) is 0 Å². The van der Waals surface area contributed by atoms with Crippen LogP contribution >= 0.6 is 0 Å². The highest BCUT2D eigenvalue weighted by atomic mass is 16.2. The molecule has 0 aliphatic carbocycles. The number of carbonyl (C=O) groups is 2. The van der Waals surface area contributed by atoms with Crippen molar-refractivity contribution in [3.63, 3.8) is 0 Å². The number of nitrogen functional groups attached to an aromatic ring is 1. The Morgan fingerprint density at radius 2 is 1.56 bits per heavy atom. The Morgan fingerprint density at radius 3 is 2.28 bits per heavy atom. The fraction of sp³-hybridized carbons (Fsp3) is 0.310. The fourth-order valence-electron chi connectivity index (χ4n) is 4.38. The number of hydrogen-bond donors (Lipinski definition) is 3. The predicted octanol–water partition coefficient (Wildman–Crippen LogP) is 4.37. The molecule has 0 aromatic heterocycles. The Labute approximate surface area is 213 Å². The molecule has 7 heteroatoms. The van der Waals surface area contributed by atoms with Crippen molar-refractivity contribution in [2.75, 3.05) is 43.8 Å². The van der Waals surface area contributed by atoms with E-state index in [2.05, 4.69) is 27.7 Å². The number of urea groups is 1. The molecule has 0 bridgehead atoms. The predicted molar refractivity (Wildman–Crippen MR) is 145 cm³/mol. The maximum Gasteiger partial charge on any atom is 0.317 e. The Morgan fingerprint density at radius 1 is 0.861 bits per heavy atom. The molecule has 1 saturated heterocycles. The second-order valence-corrected chi connectivity index (χ2v) is 9.18. The van der Waals surface area contributed by atoms with Gasteiger partial charge in [0.1, 0.15) is 0 Å². The van der Waals surface area contributed by atoms with E-state index in [1.807, 2.05) is 47.4 Å². The smallest absolute Gasteiger partial charge is 0.317 e. The molecule has 188 valence electrons. The van der Waals surface area contributed by atoms with Gasteiger partial charge in [0, 0.05) is 31.7 Å². The summed E-state index contributed by atoms with van der Waals surface area (Å²) in [7, 11) is 0. The summed E-state index contributed by atoms with van der Waals surface area (Å²) in [5.74, 6) is -0.219. The van der Waals surface area contributed by atoms with Gasteiger partial charge in [0.05, 0.1) is 11.4 Å². The van der Waals surface area contributed by atoms with Crippen molar-refractivity contribution in [3.05, 3.63) is 95.6 Å². The quantitative estimate of drug-likeness (QED) is 0.372. The van der Waals surface area contributed by atoms with Gasteiger partial charge in [-0.15, -0.1) is 0 Å². The number of nitrogens with zero attached hydrogens (tertiary/aromatic N) is 2. The van der Waals surface area contributed by atoms with Gasteiger partial charge < -0.3 is 26.2 Å². The molecule has 3 aromatic rings. The number of benzene rings is 3. The van der Waals surface area contributed by atoms with Crippen molar-refractivity contribution in [1.82, 2.24) is 15.1 Å². The highest BCUT2D eigenvalue weighted by Crippen LogP contribution is 2.18. The molecule has 0 atom stereocenters. The molecule has 0 radical (unpaired) electrons. The van der Waals surface area contributed by atoms with Crippen LogP contribution in [0.4, 0.5) is 16.2 Å². The lowest BCUT2D eigenvalue weighted by atomic mass is 10.1. The standard InChI is InChI=1S/C29H35N5O2/c30-26-10-4-5-11-27(26)32-28(35)25-14-12-24(13-15-25)22-34(21-20-33-18-6-7-19-33)29(36)31-17-16-23-8-2-1-3-9-23/h1-5,8-15H,6-7,16-22,30H2,(H,31,36)(H,32,35). The number of anilines is 2. The number of carbonyl (C=O) groups excluding carboxylic acids is 2. The highest BCUT2D eigenvalue weighted by Gasteiger charge is 2.18. The van der Waals surface area contributed by atoms with Crippen LogP contribution in [-0.4, -0.2) is 54.5 Å². The van der Waals surface area contributed by atoms with Crippen molar-refractivity contribution < 1.29 is 9.59 Å². The molecule has 3 aromatic carbocycles. The lowest BCUT2D eigenvalue weighted by Crippen LogP contribution is -2.43. The Bertz CT molecular complexity index is 1130. The van der Waals surface area contributed by atoms with Gasteiger partial charge >= 0.3 is 6.03 Å². The zero-order valence-electron chi connectivity index (χ0n) is 20.7. The van der Waals surface area contributed by atoms with E-state index in [4.69, 9.17) is 5.73 Å². The van der Waals surface area contributed by atoms with E-state index in [1.54, 1.807) is 24.3 Å². The average Bonchev–Trinajstić information content (AvgIpc) is 3.42. The summed E-state index contributed by atoms with van der Waals surface area (Å²) >= 11 is 0. The van der Waals surface area contributed by atoms with E-state index >= 15 is 0 Å². The summed E-state index contributed by atoms with van der Waals surface area (Å²) in [6.07, 6.45) is 3.24. The van der Waals surface area contributed by atoms with Gasteiger partial charge in [0.25, 0.3) is 5.91 Å². The number of nitrogens with one attached hydrogen (secondary N) is 2. The van der Waals surface area contributed by atoms with E-state index in [0.29, 0.717) is 36.6 Å². The van der Waals surface area contributed by atoms with Crippen LogP contribution in [0.5, 0.6) is 0 Å². The molecular formula is C29H35N5O2. The molecule has 1 aliphatic heterocycles. The molecular weight excluding hydrogens is 450 g/mol. The maximum absolute atomic E-state index is 13.1. The monoisotopic (exact) mass is 485 g/mol. The van der Waals surface area contributed by atoms with Crippen molar-refractivity contribution in [1.29, 1.82) is 0 Å². The van der Waals surface area contributed by atoms with Crippen LogP contribution in [0.25, 0.3) is 0 Å². The first-order chi connectivity index (χ1) is 17.6. The van der Waals surface area contributed by atoms with E-state index in [9.17, 15) is 9.59 Å². The molecule has 4 rings (SSSR count). The van der Waals surface area contributed by atoms with Gasteiger partial charge in [0.2, 0.25) is 0 Å². The minimum absolute atomic E-state index is 0.0634. The summed E-state index contributed by atoms with van der Waals surface area (Å²) in [6, 6.07) is 24.7. The minimum Gasteiger partial charge on any atom is -0.397 e. The molecule has 3 amide bonds. The first kappa shape index (κ1) is 25.3. The molecule has 4 N–H and O–H groups in total. The van der Waals surface area contributed by atoms with Gasteiger partial charge in [-0.1, -0.05) is 54.6 Å². The normalized spacial score (nSPS) is 13.3. The molecule has 7 nitrogen and oxygen atoms in total. The summed E-state index contributed by atoms with van der Waals surface area (Å²) in [4.78, 5) is 30.0. The van der Waals surface area contributed by atoms with Crippen molar-refractivity contribution >= 4 is 23.3 Å². The molecule has 36 heavy (non-hydrogen) atoms. The maximum atomic E-state index is 13.1. The number of rotatable bonds is 10. The van der Waals surface area contributed by atoms with Crippen LogP contribution in [0.2, 0.25) is 0 Å². The fourth-order valence-corrected chi connectivity index (χ4v) is 4.38. The van der Waals surface area contributed by atoms with Crippen LogP contribution in [0, 0.1) is 0 Å². The number of nitrogens with two attached hydrogens (primary N) is 1. The largest absolute Gasteiger partial charge is 0.397 e. The van der Waals surface area contributed by atoms with Crippen LogP contribution in [-0.2, 0) is 13.0 Å². The van der Waals surface area contributed by atoms with E-state index in [-0.39, 0.29) is 11.9 Å². The van der Waals surface area contributed by atoms with E-state index < -0.39 is 0 Å². The van der Waals surface area contributed by atoms with Crippen LogP contribution < -0.4 is 16.4 Å². The minimum atomic E-state index is -0.219. The summed E-state index contributed by atoms with van der Waals surface area (Å²) < 4.78 is 0. The Hall–Kier alpha value is -3.84. The van der Waals surface area contributed by atoms with Gasteiger partial charge in [-0.2, -0.15) is 0 Å². The molecule has 1 heterocycles. The summed E-state index contributed by atoms with van der Waals surface area (Å²) in [5.41, 5.74) is 9.76. The average molecular weight is 486 g/mol. The van der Waals surface area contributed by atoms with Gasteiger partial charge in [-0.05, 0) is 67.7 Å². The molecule has 0 spiro atoms. The third-order valence-corrected chi connectivity index (χ3v) is 6.50. The number of amides is 3. The van der Waals surface area contributed by atoms with Gasteiger partial charge in [0.15, 0.2) is 0 Å². The topological polar surface area (TPSA) is 90.7 Å². The van der Waals surface area contributed by atoms with Crippen molar-refractivity contribution in [2.24, 2.45) is 0 Å². The number of hydrogen-bond acceptors (Lipinski definition) is 4. The molecule has 1 aliphatic rings. The third-order valence-electron chi connectivity index (χ3n) is 6.50. The molecule has 0 unspecified atom stereocenters. The summed E-state index contributed by atoms with van der Waals surface area (Å²) in [6.45, 7) is 4.79. The van der Waals surface area contributed by atoms with Crippen molar-refractivity contribution in [3.8, 4) is 0 Å². The zero-order chi connectivity index (χ0) is 25.2. The lowest BCUT2D eigenvalue weighted by molar-refractivity contribution is 0.102. The Kier molecular flexibility index (Phi) is 8.94. The van der Waals surface area contributed by atoms with Crippen LogP contribution in [0.15, 0.2) is 78.9 Å². The Balaban J connectivity index is 1.35. The van der Waals surface area contributed by atoms with Gasteiger partial charge in [-0.25, -0.2) is 4.79 Å². The van der Waals surface area contributed by atoms with Crippen LogP contribution in [0.1, 0.15) is 34.3 Å². The zero-order valence-corrected chi connectivity index (χ0v) is 20.7. The van der Waals surface area contributed by atoms with E-state index in [1.165, 1.54) is 18.4 Å². The van der Waals surface area contributed by atoms with Gasteiger partial charge in [-0.3, -0.25) is 4.79 Å². The first-order valence-corrected chi connectivity index (χ1v) is 12.6. The highest BCUT2D eigenvalue weighted by molar-refractivity contribution is 6.05. The SMILES string of the molecule is Nc1ccccc1NC(=O)c1ccc(CN(CCN2CCCC2)C(=O)NCCc2ccccc2)cc1. The summed E-state index contributed by atoms with van der Waals surface area (Å²) in [5, 5.41) is 5.93. The molecule has 1 fully saturated rings.